The van der Waals surface area contributed by atoms with Gasteiger partial charge in [-0.05, 0) is 26.0 Å². The zero-order chi connectivity index (χ0) is 19.3. The molecule has 8 nitrogen and oxygen atoms in total. The van der Waals surface area contributed by atoms with Crippen molar-refractivity contribution in [2.24, 2.45) is 0 Å². The number of carbonyl (C=O) groups excluding carboxylic acids is 2. The molecule has 2 amide bonds. The molecule has 1 aliphatic heterocycles. The van der Waals surface area contributed by atoms with Gasteiger partial charge in [0, 0.05) is 6.54 Å². The number of halogens is 1. The number of nitrogens with one attached hydrogen (secondary N) is 3. The van der Waals surface area contributed by atoms with Crippen molar-refractivity contribution in [2.75, 3.05) is 39.3 Å². The Morgan fingerprint density at radius 3 is 2.54 bits per heavy atom. The Labute approximate surface area is 162 Å². The molecule has 0 aromatic carbocycles. The zero-order valence-corrected chi connectivity index (χ0v) is 17.1. The topological polar surface area (TPSA) is 100 Å². The Bertz CT molecular complexity index is 745. The molecule has 1 saturated heterocycles. The molecule has 3 N–H and O–H groups in total. The molecule has 1 aromatic heterocycles. The van der Waals surface area contributed by atoms with Gasteiger partial charge in [0.2, 0.25) is 5.91 Å². The molecule has 1 fully saturated rings. The monoisotopic (exact) mass is 423 g/mol. The van der Waals surface area contributed by atoms with Crippen molar-refractivity contribution in [3.05, 3.63) is 16.5 Å². The maximum atomic E-state index is 12.6. The number of sulfonamides is 1. The first-order valence-corrected chi connectivity index (χ1v) is 11.0. The van der Waals surface area contributed by atoms with Crippen molar-refractivity contribution in [3.63, 3.8) is 0 Å². The van der Waals surface area contributed by atoms with Gasteiger partial charge in [0.25, 0.3) is 15.9 Å². The molecule has 11 heteroatoms. The van der Waals surface area contributed by atoms with Gasteiger partial charge in [-0.1, -0.05) is 11.6 Å². The molecule has 146 valence electrons. The standard InChI is InChI=1S/C15H23ClN4O4S2/c1-3-17-15(22)11(2)18-13(21)10-19-6-8-20(9-7-19)26(23,24)14-5-4-12(16)25-14/h4-5,11H,3,6-10H2,1-2H3,(H,17,22)(H,18,21)/p+1/t11-/m1/s1. The van der Waals surface area contributed by atoms with Crippen LogP contribution in [0.5, 0.6) is 0 Å². The minimum absolute atomic E-state index is 0.211. The third-order valence-corrected chi connectivity index (χ3v) is 7.70. The molecule has 0 unspecified atom stereocenters. The second kappa shape index (κ2) is 9.14. The van der Waals surface area contributed by atoms with E-state index in [-0.39, 0.29) is 22.6 Å². The summed E-state index contributed by atoms with van der Waals surface area (Å²) in [5, 5.41) is 5.32. The van der Waals surface area contributed by atoms with Gasteiger partial charge in [0.1, 0.15) is 10.3 Å². The van der Waals surface area contributed by atoms with E-state index in [1.807, 2.05) is 6.92 Å². The summed E-state index contributed by atoms with van der Waals surface area (Å²) >= 11 is 6.87. The fraction of sp³-hybridized carbons (Fsp3) is 0.600. The van der Waals surface area contributed by atoms with Gasteiger partial charge < -0.3 is 15.5 Å². The number of thiophene rings is 1. The summed E-state index contributed by atoms with van der Waals surface area (Å²) < 4.78 is 27.2. The van der Waals surface area contributed by atoms with E-state index in [0.29, 0.717) is 37.1 Å². The summed E-state index contributed by atoms with van der Waals surface area (Å²) in [4.78, 5) is 24.7. The zero-order valence-electron chi connectivity index (χ0n) is 14.7. The quantitative estimate of drug-likeness (QED) is 0.520. The van der Waals surface area contributed by atoms with E-state index in [1.54, 1.807) is 13.0 Å². The number of piperazine rings is 1. The summed E-state index contributed by atoms with van der Waals surface area (Å²) in [6.07, 6.45) is 0. The van der Waals surface area contributed by atoms with Gasteiger partial charge in [-0.3, -0.25) is 9.59 Å². The summed E-state index contributed by atoms with van der Waals surface area (Å²) in [5.41, 5.74) is 0. The summed E-state index contributed by atoms with van der Waals surface area (Å²) in [6, 6.07) is 2.49. The highest BCUT2D eigenvalue weighted by molar-refractivity contribution is 7.91. The third-order valence-electron chi connectivity index (χ3n) is 4.10. The van der Waals surface area contributed by atoms with E-state index in [1.165, 1.54) is 10.4 Å². The average Bonchev–Trinajstić information content (AvgIpc) is 3.02. The number of quaternary nitrogens is 1. The van der Waals surface area contributed by atoms with Crippen LogP contribution in [0.3, 0.4) is 0 Å². The first-order chi connectivity index (χ1) is 12.2. The smallest absolute Gasteiger partial charge is 0.275 e. The van der Waals surface area contributed by atoms with E-state index in [4.69, 9.17) is 11.6 Å². The number of amides is 2. The van der Waals surface area contributed by atoms with E-state index in [9.17, 15) is 18.0 Å². The van der Waals surface area contributed by atoms with Crippen LogP contribution in [-0.2, 0) is 19.6 Å². The lowest BCUT2D eigenvalue weighted by Gasteiger charge is -2.31. The maximum absolute atomic E-state index is 12.6. The molecule has 0 radical (unpaired) electrons. The van der Waals surface area contributed by atoms with Crippen LogP contribution >= 0.6 is 22.9 Å². The Morgan fingerprint density at radius 2 is 2.00 bits per heavy atom. The van der Waals surface area contributed by atoms with E-state index in [0.717, 1.165) is 16.2 Å². The third kappa shape index (κ3) is 5.40. The highest BCUT2D eigenvalue weighted by atomic mass is 35.5. The van der Waals surface area contributed by atoms with E-state index < -0.39 is 16.1 Å². The van der Waals surface area contributed by atoms with Crippen LogP contribution in [0.2, 0.25) is 4.34 Å². The lowest BCUT2D eigenvalue weighted by molar-refractivity contribution is -0.895. The minimum atomic E-state index is -3.53. The van der Waals surface area contributed by atoms with Crippen molar-refractivity contribution in [1.29, 1.82) is 0 Å². The van der Waals surface area contributed by atoms with Crippen LogP contribution in [0.4, 0.5) is 0 Å². The normalized spacial score (nSPS) is 17.7. The van der Waals surface area contributed by atoms with Gasteiger partial charge in [-0.25, -0.2) is 8.42 Å². The van der Waals surface area contributed by atoms with Crippen molar-refractivity contribution in [1.82, 2.24) is 14.9 Å². The van der Waals surface area contributed by atoms with Crippen LogP contribution in [0.15, 0.2) is 16.3 Å². The summed E-state index contributed by atoms with van der Waals surface area (Å²) in [7, 11) is -3.53. The SMILES string of the molecule is CCNC(=O)[C@@H](C)NC(=O)C[NH+]1CCN(S(=O)(=O)c2ccc(Cl)s2)CC1. The number of rotatable bonds is 7. The number of hydrogen-bond donors (Lipinski definition) is 3. The van der Waals surface area contributed by atoms with Crippen LogP contribution in [0.1, 0.15) is 13.8 Å². The van der Waals surface area contributed by atoms with Crippen molar-refractivity contribution >= 4 is 44.8 Å². The fourth-order valence-electron chi connectivity index (χ4n) is 2.70. The van der Waals surface area contributed by atoms with Gasteiger partial charge in [0.05, 0.1) is 30.5 Å². The highest BCUT2D eigenvalue weighted by Gasteiger charge is 2.32. The molecule has 0 saturated carbocycles. The van der Waals surface area contributed by atoms with Gasteiger partial charge in [0.15, 0.2) is 6.54 Å². The number of nitrogens with zero attached hydrogens (tertiary/aromatic N) is 1. The predicted molar refractivity (Wildman–Crippen MR) is 99.9 cm³/mol. The molecule has 0 spiro atoms. The van der Waals surface area contributed by atoms with E-state index >= 15 is 0 Å². The second-order valence-electron chi connectivity index (χ2n) is 6.07. The van der Waals surface area contributed by atoms with E-state index in [2.05, 4.69) is 10.6 Å². The van der Waals surface area contributed by atoms with Crippen LogP contribution in [-0.4, -0.2) is 69.8 Å². The molecule has 2 rings (SSSR count). The maximum Gasteiger partial charge on any atom is 0.275 e. The Kier molecular flexibility index (Phi) is 7.42. The van der Waals surface area contributed by atoms with Gasteiger partial charge >= 0.3 is 0 Å². The molecule has 26 heavy (non-hydrogen) atoms. The average molecular weight is 424 g/mol. The molecule has 0 bridgehead atoms. The first-order valence-electron chi connectivity index (χ1n) is 8.40. The van der Waals surface area contributed by atoms with Gasteiger partial charge in [-0.2, -0.15) is 4.31 Å². The minimum Gasteiger partial charge on any atom is -0.355 e. The lowest BCUT2D eigenvalue weighted by Crippen LogP contribution is -3.15. The Balaban J connectivity index is 1.83. The highest BCUT2D eigenvalue weighted by Crippen LogP contribution is 2.27. The molecule has 1 aliphatic rings. The first kappa shape index (κ1) is 21.1. The van der Waals surface area contributed by atoms with Gasteiger partial charge in [-0.15, -0.1) is 11.3 Å². The summed E-state index contributed by atoms with van der Waals surface area (Å²) in [6.45, 7) is 5.91. The molecular weight excluding hydrogens is 400 g/mol. The van der Waals surface area contributed by atoms with Crippen LogP contribution in [0, 0.1) is 0 Å². The number of hydrogen-bond acceptors (Lipinski definition) is 5. The second-order valence-corrected chi connectivity index (χ2v) is 9.95. The van der Waals surface area contributed by atoms with Crippen molar-refractivity contribution in [3.8, 4) is 0 Å². The Morgan fingerprint density at radius 1 is 1.35 bits per heavy atom. The van der Waals surface area contributed by atoms with Crippen molar-refractivity contribution < 1.29 is 22.9 Å². The Hall–Kier alpha value is -1.20. The number of likely N-dealkylation sites (N-methyl/N-ethyl adjacent to an activating group) is 1. The predicted octanol–water partition coefficient (Wildman–Crippen LogP) is -1.07. The molecule has 0 aliphatic carbocycles. The molecule has 2 heterocycles. The van der Waals surface area contributed by atoms with Crippen LogP contribution < -0.4 is 15.5 Å². The lowest BCUT2D eigenvalue weighted by atomic mass is 10.3. The molecule has 1 atom stereocenters. The molecule has 1 aromatic rings. The van der Waals surface area contributed by atoms with Crippen molar-refractivity contribution in [2.45, 2.75) is 24.1 Å². The fourth-order valence-corrected chi connectivity index (χ4v) is 5.77. The molecular formula is C15H24ClN4O4S2+. The number of carbonyl (C=O) groups is 2. The van der Waals surface area contributed by atoms with Crippen LogP contribution in [0.25, 0.3) is 0 Å². The summed E-state index contributed by atoms with van der Waals surface area (Å²) in [5.74, 6) is -0.443. The largest absolute Gasteiger partial charge is 0.355 e.